The quantitative estimate of drug-likeness (QED) is 0.659. The van der Waals surface area contributed by atoms with Crippen LogP contribution in [0.4, 0.5) is 13.2 Å². The molecule has 0 aromatic heterocycles. The van der Waals surface area contributed by atoms with E-state index in [9.17, 15) is 13.2 Å². The molecule has 0 aliphatic rings. The number of rotatable bonds is 4. The fraction of sp³-hybridized carbons (Fsp3) is 0.538. The SMILES string of the molecule is CCCC(CC)c1ccc(Cl)cc1C(F)(F)F. The predicted molar refractivity (Wildman–Crippen MR) is 64.4 cm³/mol. The first kappa shape index (κ1) is 14.4. The number of hydrogen-bond acceptors (Lipinski definition) is 0. The molecule has 1 aromatic rings. The first-order chi connectivity index (χ1) is 7.90. The molecule has 1 atom stereocenters. The molecule has 0 saturated carbocycles. The van der Waals surface area contributed by atoms with Crippen LogP contribution in [0, 0.1) is 0 Å². The summed E-state index contributed by atoms with van der Waals surface area (Å²) >= 11 is 5.65. The molecule has 0 aliphatic carbocycles. The maximum absolute atomic E-state index is 12.9. The third-order valence-electron chi connectivity index (χ3n) is 2.89. The van der Waals surface area contributed by atoms with Crippen molar-refractivity contribution in [1.29, 1.82) is 0 Å². The third-order valence-corrected chi connectivity index (χ3v) is 3.13. The average molecular weight is 265 g/mol. The molecular formula is C13H16ClF3. The summed E-state index contributed by atoms with van der Waals surface area (Å²) in [5, 5.41) is 0.132. The van der Waals surface area contributed by atoms with Crippen LogP contribution in [0.25, 0.3) is 0 Å². The molecule has 0 radical (unpaired) electrons. The van der Waals surface area contributed by atoms with E-state index in [1.807, 2.05) is 13.8 Å². The molecule has 0 bridgehead atoms. The molecule has 0 saturated heterocycles. The molecule has 96 valence electrons. The van der Waals surface area contributed by atoms with Crippen LogP contribution in [0.5, 0.6) is 0 Å². The second kappa shape index (κ2) is 5.76. The molecular weight excluding hydrogens is 249 g/mol. The summed E-state index contributed by atoms with van der Waals surface area (Å²) in [4.78, 5) is 0. The molecule has 1 rings (SSSR count). The Hall–Kier alpha value is -0.700. The molecule has 0 heterocycles. The lowest BCUT2D eigenvalue weighted by molar-refractivity contribution is -0.138. The van der Waals surface area contributed by atoms with Gasteiger partial charge in [-0.2, -0.15) is 13.2 Å². The molecule has 1 unspecified atom stereocenters. The standard InChI is InChI=1S/C13H16ClF3/c1-3-5-9(4-2)11-7-6-10(14)8-12(11)13(15,16)17/h6-9H,3-5H2,1-2H3. The fourth-order valence-corrected chi connectivity index (χ4v) is 2.23. The second-order valence-electron chi connectivity index (χ2n) is 4.12. The Labute approximate surface area is 105 Å². The normalized spacial score (nSPS) is 13.8. The van der Waals surface area contributed by atoms with E-state index in [0.717, 1.165) is 18.9 Å². The molecule has 0 spiro atoms. The van der Waals surface area contributed by atoms with Gasteiger partial charge in [0.2, 0.25) is 0 Å². The van der Waals surface area contributed by atoms with Gasteiger partial charge in [0, 0.05) is 5.02 Å². The van der Waals surface area contributed by atoms with Crippen molar-refractivity contribution in [3.05, 3.63) is 34.3 Å². The zero-order chi connectivity index (χ0) is 13.1. The Balaban J connectivity index is 3.22. The lowest BCUT2D eigenvalue weighted by atomic mass is 9.88. The van der Waals surface area contributed by atoms with Crippen molar-refractivity contribution >= 4 is 11.6 Å². The highest BCUT2D eigenvalue weighted by Crippen LogP contribution is 2.39. The molecule has 1 aromatic carbocycles. The zero-order valence-corrected chi connectivity index (χ0v) is 10.7. The summed E-state index contributed by atoms with van der Waals surface area (Å²) in [5.41, 5.74) is -0.225. The number of halogens is 4. The average Bonchev–Trinajstić information content (AvgIpc) is 2.25. The smallest absolute Gasteiger partial charge is 0.166 e. The van der Waals surface area contributed by atoms with E-state index in [1.54, 1.807) is 0 Å². The predicted octanol–water partition coefficient (Wildman–Crippen LogP) is 5.65. The zero-order valence-electron chi connectivity index (χ0n) is 9.94. The Morgan fingerprint density at radius 2 is 1.88 bits per heavy atom. The van der Waals surface area contributed by atoms with Gasteiger partial charge in [-0.25, -0.2) is 0 Å². The van der Waals surface area contributed by atoms with Crippen LogP contribution in [0.3, 0.4) is 0 Å². The first-order valence-electron chi connectivity index (χ1n) is 5.76. The fourth-order valence-electron chi connectivity index (χ4n) is 2.06. The summed E-state index contributed by atoms with van der Waals surface area (Å²) in [5.74, 6) is -0.0473. The summed E-state index contributed by atoms with van der Waals surface area (Å²) in [6, 6.07) is 4.06. The van der Waals surface area contributed by atoms with Crippen molar-refractivity contribution in [3.8, 4) is 0 Å². The molecule has 0 amide bonds. The molecule has 4 heteroatoms. The lowest BCUT2D eigenvalue weighted by Gasteiger charge is -2.20. The van der Waals surface area contributed by atoms with Gasteiger partial charge in [0.25, 0.3) is 0 Å². The van der Waals surface area contributed by atoms with Crippen LogP contribution < -0.4 is 0 Å². The first-order valence-corrected chi connectivity index (χ1v) is 6.14. The van der Waals surface area contributed by atoms with Crippen molar-refractivity contribution in [1.82, 2.24) is 0 Å². The van der Waals surface area contributed by atoms with Crippen molar-refractivity contribution in [2.45, 2.75) is 45.2 Å². The van der Waals surface area contributed by atoms with E-state index in [2.05, 4.69) is 0 Å². The molecule has 0 fully saturated rings. The Morgan fingerprint density at radius 1 is 1.24 bits per heavy atom. The molecule has 17 heavy (non-hydrogen) atoms. The van der Waals surface area contributed by atoms with Gasteiger partial charge in [0.1, 0.15) is 0 Å². The Kier molecular flexibility index (Phi) is 4.87. The van der Waals surface area contributed by atoms with Gasteiger partial charge in [0.05, 0.1) is 5.56 Å². The summed E-state index contributed by atoms with van der Waals surface area (Å²) in [7, 11) is 0. The maximum atomic E-state index is 12.9. The van der Waals surface area contributed by atoms with Gasteiger partial charge in [-0.1, -0.05) is 37.9 Å². The van der Waals surface area contributed by atoms with Gasteiger partial charge in [-0.05, 0) is 36.5 Å². The van der Waals surface area contributed by atoms with Crippen LogP contribution >= 0.6 is 11.6 Å². The highest BCUT2D eigenvalue weighted by molar-refractivity contribution is 6.30. The number of benzene rings is 1. The summed E-state index contributed by atoms with van der Waals surface area (Å²) in [6.45, 7) is 3.89. The second-order valence-corrected chi connectivity index (χ2v) is 4.56. The maximum Gasteiger partial charge on any atom is 0.416 e. The van der Waals surface area contributed by atoms with Gasteiger partial charge < -0.3 is 0 Å². The highest BCUT2D eigenvalue weighted by atomic mass is 35.5. The van der Waals surface area contributed by atoms with Gasteiger partial charge in [-0.15, -0.1) is 0 Å². The monoisotopic (exact) mass is 264 g/mol. The van der Waals surface area contributed by atoms with E-state index in [0.29, 0.717) is 12.0 Å². The van der Waals surface area contributed by atoms with Crippen LogP contribution in [0.2, 0.25) is 5.02 Å². The van der Waals surface area contributed by atoms with E-state index < -0.39 is 11.7 Å². The van der Waals surface area contributed by atoms with Crippen molar-refractivity contribution in [3.63, 3.8) is 0 Å². The van der Waals surface area contributed by atoms with Crippen LogP contribution in [-0.4, -0.2) is 0 Å². The molecule has 0 nitrogen and oxygen atoms in total. The van der Waals surface area contributed by atoms with Crippen molar-refractivity contribution < 1.29 is 13.2 Å². The van der Waals surface area contributed by atoms with Crippen molar-refractivity contribution in [2.75, 3.05) is 0 Å². The molecule has 0 aliphatic heterocycles. The van der Waals surface area contributed by atoms with Gasteiger partial charge >= 0.3 is 6.18 Å². The van der Waals surface area contributed by atoms with E-state index >= 15 is 0 Å². The molecule has 0 N–H and O–H groups in total. The van der Waals surface area contributed by atoms with Gasteiger partial charge in [0.15, 0.2) is 0 Å². The van der Waals surface area contributed by atoms with Crippen molar-refractivity contribution in [2.24, 2.45) is 0 Å². The number of alkyl halides is 3. The minimum Gasteiger partial charge on any atom is -0.166 e. The lowest BCUT2D eigenvalue weighted by Crippen LogP contribution is -2.12. The van der Waals surface area contributed by atoms with E-state index in [1.165, 1.54) is 12.1 Å². The van der Waals surface area contributed by atoms with Crippen LogP contribution in [0.15, 0.2) is 18.2 Å². The Morgan fingerprint density at radius 3 is 2.35 bits per heavy atom. The van der Waals surface area contributed by atoms with Gasteiger partial charge in [-0.3, -0.25) is 0 Å². The Bertz CT molecular complexity index is 371. The summed E-state index contributed by atoms with van der Waals surface area (Å²) in [6.07, 6.45) is -1.99. The van der Waals surface area contributed by atoms with Crippen LogP contribution in [-0.2, 0) is 6.18 Å². The van der Waals surface area contributed by atoms with E-state index in [4.69, 9.17) is 11.6 Å². The van der Waals surface area contributed by atoms with E-state index in [-0.39, 0.29) is 10.9 Å². The largest absolute Gasteiger partial charge is 0.416 e. The highest BCUT2D eigenvalue weighted by Gasteiger charge is 2.34. The summed E-state index contributed by atoms with van der Waals surface area (Å²) < 4.78 is 38.7. The third kappa shape index (κ3) is 3.63. The minimum absolute atomic E-state index is 0.0473. The topological polar surface area (TPSA) is 0 Å². The minimum atomic E-state index is -4.33. The van der Waals surface area contributed by atoms with Crippen LogP contribution in [0.1, 0.15) is 50.2 Å². The number of hydrogen-bond donors (Lipinski definition) is 0.